The number of H-pyrrole nitrogens is 1. The Hall–Kier alpha value is -3.26. The highest BCUT2D eigenvalue weighted by atomic mass is 16.3. The van der Waals surface area contributed by atoms with Gasteiger partial charge in [-0.05, 0) is 45.7 Å². The van der Waals surface area contributed by atoms with Crippen molar-refractivity contribution in [3.8, 4) is 0 Å². The summed E-state index contributed by atoms with van der Waals surface area (Å²) < 4.78 is 6.77. The zero-order chi connectivity index (χ0) is 23.4. The van der Waals surface area contributed by atoms with Crippen molar-refractivity contribution >= 4 is 21.9 Å². The smallest absolute Gasteiger partial charge is 0.138 e. The third kappa shape index (κ3) is 3.88. The molecule has 0 aliphatic rings. The minimum absolute atomic E-state index is 0.0145. The first-order valence-corrected chi connectivity index (χ1v) is 11.8. The topological polar surface area (TPSA) is 28.9 Å². The summed E-state index contributed by atoms with van der Waals surface area (Å²) in [7, 11) is 0. The molecule has 33 heavy (non-hydrogen) atoms. The van der Waals surface area contributed by atoms with Crippen LogP contribution in [0.3, 0.4) is 0 Å². The maximum Gasteiger partial charge on any atom is 0.138 e. The molecule has 2 heterocycles. The van der Waals surface area contributed by atoms with Gasteiger partial charge in [-0.2, -0.15) is 0 Å². The minimum atomic E-state index is -0.0162. The molecule has 2 aromatic heterocycles. The van der Waals surface area contributed by atoms with E-state index in [1.165, 1.54) is 33.0 Å². The first kappa shape index (κ1) is 21.6. The summed E-state index contributed by atoms with van der Waals surface area (Å²) in [5, 5.41) is 2.42. The van der Waals surface area contributed by atoms with Crippen LogP contribution in [0.5, 0.6) is 0 Å². The van der Waals surface area contributed by atoms with E-state index in [0.717, 1.165) is 16.9 Å². The fraction of sp³-hybridized carbons (Fsp3) is 0.290. The molecule has 168 valence electrons. The number of aromatic amines is 1. The van der Waals surface area contributed by atoms with Gasteiger partial charge in [0.2, 0.25) is 0 Å². The highest BCUT2D eigenvalue weighted by molar-refractivity contribution is 5.87. The van der Waals surface area contributed by atoms with Crippen molar-refractivity contribution in [3.05, 3.63) is 107 Å². The number of para-hydroxylation sites is 1. The van der Waals surface area contributed by atoms with E-state index in [4.69, 9.17) is 4.42 Å². The quantitative estimate of drug-likeness (QED) is 0.302. The molecule has 0 amide bonds. The zero-order valence-corrected chi connectivity index (χ0v) is 20.5. The van der Waals surface area contributed by atoms with Crippen molar-refractivity contribution in [2.24, 2.45) is 0 Å². The molecule has 0 aliphatic heterocycles. The second-order valence-corrected chi connectivity index (χ2v) is 11.2. The minimum Gasteiger partial charge on any atom is -0.460 e. The Balaban J connectivity index is 1.79. The average Bonchev–Trinajstić information content (AvgIpc) is 3.37. The van der Waals surface area contributed by atoms with Crippen molar-refractivity contribution in [1.82, 2.24) is 4.98 Å². The standard InChI is InChI=1S/C31H33NO/c1-30(2,3)22-16-21-17-27(33-29(21)25(18-22)31(4,5)6)28(20-12-8-7-9-13-20)24-19-32-26-15-11-10-14-23(24)26/h7-19,28,32H,1-6H3. The highest BCUT2D eigenvalue weighted by Gasteiger charge is 2.28. The predicted molar refractivity (Wildman–Crippen MR) is 139 cm³/mol. The van der Waals surface area contributed by atoms with E-state index in [-0.39, 0.29) is 16.7 Å². The molecule has 0 saturated carbocycles. The molecule has 0 bridgehead atoms. The van der Waals surface area contributed by atoms with Gasteiger partial charge >= 0.3 is 0 Å². The van der Waals surface area contributed by atoms with Gasteiger partial charge in [-0.3, -0.25) is 0 Å². The SMILES string of the molecule is CC(C)(C)c1cc(C(C)(C)C)c2oc(C(c3ccccc3)c3c[nH]c4ccccc34)cc2c1. The Morgan fingerprint density at radius 3 is 2.15 bits per heavy atom. The molecular formula is C31H33NO. The molecular weight excluding hydrogens is 402 g/mol. The molecule has 1 N–H and O–H groups in total. The van der Waals surface area contributed by atoms with Crippen LogP contribution >= 0.6 is 0 Å². The van der Waals surface area contributed by atoms with Gasteiger partial charge in [-0.15, -0.1) is 0 Å². The fourth-order valence-electron chi connectivity index (χ4n) is 4.78. The van der Waals surface area contributed by atoms with Gasteiger partial charge in [-0.25, -0.2) is 0 Å². The van der Waals surface area contributed by atoms with Gasteiger partial charge in [-0.1, -0.05) is 96.1 Å². The van der Waals surface area contributed by atoms with E-state index in [1.54, 1.807) is 0 Å². The summed E-state index contributed by atoms with van der Waals surface area (Å²) >= 11 is 0. The van der Waals surface area contributed by atoms with Crippen LogP contribution in [-0.4, -0.2) is 4.98 Å². The Morgan fingerprint density at radius 2 is 1.45 bits per heavy atom. The van der Waals surface area contributed by atoms with Crippen molar-refractivity contribution in [3.63, 3.8) is 0 Å². The Kier molecular flexibility index (Phi) is 5.01. The third-order valence-electron chi connectivity index (χ3n) is 6.66. The van der Waals surface area contributed by atoms with Gasteiger partial charge in [0.15, 0.2) is 0 Å². The van der Waals surface area contributed by atoms with Crippen LogP contribution in [0.25, 0.3) is 21.9 Å². The van der Waals surface area contributed by atoms with E-state index in [2.05, 4.69) is 126 Å². The first-order valence-electron chi connectivity index (χ1n) is 11.8. The van der Waals surface area contributed by atoms with Gasteiger partial charge in [0.05, 0.1) is 5.92 Å². The number of furan rings is 1. The summed E-state index contributed by atoms with van der Waals surface area (Å²) in [4.78, 5) is 3.46. The summed E-state index contributed by atoms with van der Waals surface area (Å²) in [5.74, 6) is 0.998. The third-order valence-corrected chi connectivity index (χ3v) is 6.66. The van der Waals surface area contributed by atoms with Crippen molar-refractivity contribution in [2.45, 2.75) is 58.3 Å². The van der Waals surface area contributed by atoms with Crippen LogP contribution < -0.4 is 0 Å². The van der Waals surface area contributed by atoms with Crippen LogP contribution in [-0.2, 0) is 10.8 Å². The summed E-state index contributed by atoms with van der Waals surface area (Å²) in [6.07, 6.45) is 2.14. The largest absolute Gasteiger partial charge is 0.460 e. The van der Waals surface area contributed by atoms with Crippen LogP contribution in [0.4, 0.5) is 0 Å². The van der Waals surface area contributed by atoms with Gasteiger partial charge in [0.25, 0.3) is 0 Å². The van der Waals surface area contributed by atoms with Crippen molar-refractivity contribution < 1.29 is 4.42 Å². The number of rotatable bonds is 3. The van der Waals surface area contributed by atoms with Crippen molar-refractivity contribution in [2.75, 3.05) is 0 Å². The molecule has 2 nitrogen and oxygen atoms in total. The number of fused-ring (bicyclic) bond motifs is 2. The molecule has 0 radical (unpaired) electrons. The molecule has 0 saturated heterocycles. The first-order chi connectivity index (χ1) is 15.6. The number of nitrogens with one attached hydrogen (secondary N) is 1. The van der Waals surface area contributed by atoms with E-state index >= 15 is 0 Å². The van der Waals surface area contributed by atoms with E-state index in [9.17, 15) is 0 Å². The zero-order valence-electron chi connectivity index (χ0n) is 20.5. The van der Waals surface area contributed by atoms with Crippen LogP contribution in [0.1, 0.15) is 75.5 Å². The predicted octanol–water partition coefficient (Wildman–Crippen LogP) is 8.69. The van der Waals surface area contributed by atoms with Crippen LogP contribution in [0.2, 0.25) is 0 Å². The van der Waals surface area contributed by atoms with Crippen molar-refractivity contribution in [1.29, 1.82) is 0 Å². The molecule has 1 unspecified atom stereocenters. The number of aromatic nitrogens is 1. The molecule has 3 aromatic carbocycles. The maximum absolute atomic E-state index is 6.77. The monoisotopic (exact) mass is 435 g/mol. The molecule has 0 aliphatic carbocycles. The average molecular weight is 436 g/mol. The Labute approximate surface area is 196 Å². The lowest BCUT2D eigenvalue weighted by molar-refractivity contribution is 0.518. The molecule has 0 fully saturated rings. The molecule has 5 aromatic rings. The highest BCUT2D eigenvalue weighted by Crippen LogP contribution is 2.42. The van der Waals surface area contributed by atoms with Gasteiger partial charge in [0, 0.05) is 28.0 Å². The lowest BCUT2D eigenvalue weighted by atomic mass is 9.79. The number of hydrogen-bond donors (Lipinski definition) is 1. The maximum atomic E-state index is 6.77. The molecule has 2 heteroatoms. The second-order valence-electron chi connectivity index (χ2n) is 11.2. The van der Waals surface area contributed by atoms with Gasteiger partial charge < -0.3 is 9.40 Å². The second kappa shape index (κ2) is 7.66. The van der Waals surface area contributed by atoms with E-state index in [0.29, 0.717) is 0 Å². The van der Waals surface area contributed by atoms with Gasteiger partial charge in [0.1, 0.15) is 11.3 Å². The van der Waals surface area contributed by atoms with E-state index < -0.39 is 0 Å². The lowest BCUT2D eigenvalue weighted by Gasteiger charge is -2.25. The Bertz CT molecular complexity index is 1420. The summed E-state index contributed by atoms with van der Waals surface area (Å²) in [6.45, 7) is 13.6. The van der Waals surface area contributed by atoms with Crippen LogP contribution in [0, 0.1) is 0 Å². The number of hydrogen-bond acceptors (Lipinski definition) is 1. The molecule has 1 atom stereocenters. The fourth-order valence-corrected chi connectivity index (χ4v) is 4.78. The number of benzene rings is 3. The molecule has 5 rings (SSSR count). The van der Waals surface area contributed by atoms with Crippen LogP contribution in [0.15, 0.2) is 83.4 Å². The summed E-state index contributed by atoms with van der Waals surface area (Å²) in [6, 6.07) is 26.1. The van der Waals surface area contributed by atoms with E-state index in [1.807, 2.05) is 0 Å². The lowest BCUT2D eigenvalue weighted by Crippen LogP contribution is -2.16. The summed E-state index contributed by atoms with van der Waals surface area (Å²) in [5.41, 5.74) is 7.29. The normalized spacial score (nSPS) is 13.6. The Morgan fingerprint density at radius 1 is 0.758 bits per heavy atom. The molecule has 0 spiro atoms.